The highest BCUT2D eigenvalue weighted by Gasteiger charge is 2.16. The lowest BCUT2D eigenvalue weighted by atomic mass is 10.1. The lowest BCUT2D eigenvalue weighted by molar-refractivity contribution is 0.0953. The zero-order chi connectivity index (χ0) is 17.8. The number of hydrogen-bond donors (Lipinski definition) is 1. The molecular weight excluding hydrogens is 318 g/mol. The van der Waals surface area contributed by atoms with E-state index in [-0.39, 0.29) is 5.91 Å². The van der Waals surface area contributed by atoms with Gasteiger partial charge in [0.15, 0.2) is 11.5 Å². The van der Waals surface area contributed by atoms with E-state index in [1.807, 2.05) is 29.8 Å². The summed E-state index contributed by atoms with van der Waals surface area (Å²) in [6.45, 7) is 7.88. The SMILES string of the molecule is CC[C@H](C)n1ncc(C(=O)NCCc2ccc3c(c2)OCCO3)c1C. The molecule has 1 aromatic heterocycles. The van der Waals surface area contributed by atoms with E-state index in [1.165, 1.54) is 0 Å². The van der Waals surface area contributed by atoms with Crippen LogP contribution in [-0.4, -0.2) is 35.4 Å². The fourth-order valence-corrected chi connectivity index (χ4v) is 2.92. The molecule has 1 N–H and O–H groups in total. The van der Waals surface area contributed by atoms with Crippen molar-refractivity contribution in [1.82, 2.24) is 15.1 Å². The van der Waals surface area contributed by atoms with Crippen molar-refractivity contribution in [3.8, 4) is 11.5 Å². The molecule has 1 aliphatic heterocycles. The Kier molecular flexibility index (Phi) is 5.26. The normalized spacial score (nSPS) is 14.2. The zero-order valence-electron chi connectivity index (χ0n) is 15.0. The first-order valence-electron chi connectivity index (χ1n) is 8.81. The van der Waals surface area contributed by atoms with Gasteiger partial charge in [0, 0.05) is 18.3 Å². The second kappa shape index (κ2) is 7.59. The van der Waals surface area contributed by atoms with Crippen LogP contribution in [0.2, 0.25) is 0 Å². The monoisotopic (exact) mass is 343 g/mol. The standard InChI is InChI=1S/C19H25N3O3/c1-4-13(2)22-14(3)16(12-21-22)19(23)20-8-7-15-5-6-17-18(11-15)25-10-9-24-17/h5-6,11-13H,4,7-10H2,1-3H3,(H,20,23)/t13-/m0/s1. The molecule has 2 aromatic rings. The van der Waals surface area contributed by atoms with E-state index in [9.17, 15) is 4.79 Å². The number of amides is 1. The third-order valence-corrected chi connectivity index (χ3v) is 4.60. The summed E-state index contributed by atoms with van der Waals surface area (Å²) in [6, 6.07) is 6.20. The van der Waals surface area contributed by atoms with Crippen LogP contribution >= 0.6 is 0 Å². The Morgan fingerprint density at radius 3 is 2.84 bits per heavy atom. The molecule has 0 fully saturated rings. The van der Waals surface area contributed by atoms with Crippen molar-refractivity contribution in [2.24, 2.45) is 0 Å². The van der Waals surface area contributed by atoms with Crippen LogP contribution in [0.25, 0.3) is 0 Å². The summed E-state index contributed by atoms with van der Waals surface area (Å²) in [5.41, 5.74) is 2.66. The summed E-state index contributed by atoms with van der Waals surface area (Å²) >= 11 is 0. The van der Waals surface area contributed by atoms with Gasteiger partial charge in [-0.2, -0.15) is 5.10 Å². The minimum Gasteiger partial charge on any atom is -0.486 e. The number of nitrogens with zero attached hydrogens (tertiary/aromatic N) is 2. The predicted octanol–water partition coefficient (Wildman–Crippen LogP) is 2.91. The van der Waals surface area contributed by atoms with Gasteiger partial charge in [-0.1, -0.05) is 13.0 Å². The van der Waals surface area contributed by atoms with Crippen LogP contribution in [0.5, 0.6) is 11.5 Å². The summed E-state index contributed by atoms with van der Waals surface area (Å²) in [5.74, 6) is 1.48. The molecule has 2 heterocycles. The number of aromatic nitrogens is 2. The molecule has 0 bridgehead atoms. The van der Waals surface area contributed by atoms with E-state index in [0.717, 1.165) is 35.6 Å². The van der Waals surface area contributed by atoms with E-state index < -0.39 is 0 Å². The van der Waals surface area contributed by atoms with Gasteiger partial charge in [-0.05, 0) is 44.4 Å². The number of carbonyl (C=O) groups excluding carboxylic acids is 1. The molecule has 1 amide bonds. The quantitative estimate of drug-likeness (QED) is 0.876. The lowest BCUT2D eigenvalue weighted by Gasteiger charge is -2.18. The van der Waals surface area contributed by atoms with Crippen molar-refractivity contribution in [2.75, 3.05) is 19.8 Å². The lowest BCUT2D eigenvalue weighted by Crippen LogP contribution is -2.26. The molecule has 0 saturated carbocycles. The van der Waals surface area contributed by atoms with E-state index >= 15 is 0 Å². The van der Waals surface area contributed by atoms with Gasteiger partial charge >= 0.3 is 0 Å². The first-order chi connectivity index (χ1) is 12.1. The largest absolute Gasteiger partial charge is 0.486 e. The summed E-state index contributed by atoms with van der Waals surface area (Å²) in [7, 11) is 0. The van der Waals surface area contributed by atoms with Crippen molar-refractivity contribution in [2.45, 2.75) is 39.7 Å². The number of fused-ring (bicyclic) bond motifs is 1. The van der Waals surface area contributed by atoms with Crippen LogP contribution < -0.4 is 14.8 Å². The molecule has 0 radical (unpaired) electrons. The van der Waals surface area contributed by atoms with Crippen LogP contribution in [-0.2, 0) is 6.42 Å². The highest BCUT2D eigenvalue weighted by Crippen LogP contribution is 2.30. The van der Waals surface area contributed by atoms with Crippen LogP contribution in [0.3, 0.4) is 0 Å². The fourth-order valence-electron chi connectivity index (χ4n) is 2.92. The van der Waals surface area contributed by atoms with E-state index in [2.05, 4.69) is 24.3 Å². The second-order valence-electron chi connectivity index (χ2n) is 6.33. The van der Waals surface area contributed by atoms with Crippen molar-refractivity contribution in [3.63, 3.8) is 0 Å². The maximum absolute atomic E-state index is 12.4. The minimum atomic E-state index is -0.0791. The Morgan fingerprint density at radius 2 is 2.08 bits per heavy atom. The Balaban J connectivity index is 1.57. The van der Waals surface area contributed by atoms with Crippen molar-refractivity contribution < 1.29 is 14.3 Å². The van der Waals surface area contributed by atoms with E-state index in [0.29, 0.717) is 31.4 Å². The smallest absolute Gasteiger partial charge is 0.254 e. The number of nitrogens with one attached hydrogen (secondary N) is 1. The first-order valence-corrected chi connectivity index (χ1v) is 8.81. The van der Waals surface area contributed by atoms with Gasteiger partial charge in [0.1, 0.15) is 13.2 Å². The number of carbonyl (C=O) groups is 1. The third kappa shape index (κ3) is 3.78. The maximum Gasteiger partial charge on any atom is 0.254 e. The topological polar surface area (TPSA) is 65.4 Å². The molecule has 1 aliphatic rings. The third-order valence-electron chi connectivity index (χ3n) is 4.60. The van der Waals surface area contributed by atoms with Crippen LogP contribution in [0.4, 0.5) is 0 Å². The molecule has 25 heavy (non-hydrogen) atoms. The Labute approximate surface area is 148 Å². The molecule has 0 aliphatic carbocycles. The van der Waals surface area contributed by atoms with Crippen molar-refractivity contribution in [1.29, 1.82) is 0 Å². The van der Waals surface area contributed by atoms with Gasteiger partial charge in [0.05, 0.1) is 11.8 Å². The second-order valence-corrected chi connectivity index (χ2v) is 6.33. The molecule has 0 unspecified atom stereocenters. The summed E-state index contributed by atoms with van der Waals surface area (Å²) in [6.07, 6.45) is 3.37. The maximum atomic E-state index is 12.4. The minimum absolute atomic E-state index is 0.0791. The summed E-state index contributed by atoms with van der Waals surface area (Å²) < 4.78 is 13.0. The van der Waals surface area contributed by atoms with Crippen molar-refractivity contribution >= 4 is 5.91 Å². The number of rotatable bonds is 6. The molecule has 134 valence electrons. The highest BCUT2D eigenvalue weighted by atomic mass is 16.6. The van der Waals surface area contributed by atoms with Crippen LogP contribution in [0.15, 0.2) is 24.4 Å². The Hall–Kier alpha value is -2.50. The number of benzene rings is 1. The molecule has 3 rings (SSSR count). The number of ether oxygens (including phenoxy) is 2. The fraction of sp³-hybridized carbons (Fsp3) is 0.474. The Bertz CT molecular complexity index is 754. The molecule has 0 spiro atoms. The average Bonchev–Trinajstić information content (AvgIpc) is 3.02. The predicted molar refractivity (Wildman–Crippen MR) is 95.4 cm³/mol. The molecule has 6 heteroatoms. The highest BCUT2D eigenvalue weighted by molar-refractivity contribution is 5.95. The van der Waals surface area contributed by atoms with Crippen LogP contribution in [0.1, 0.15) is 47.9 Å². The van der Waals surface area contributed by atoms with Crippen molar-refractivity contribution in [3.05, 3.63) is 41.2 Å². The summed E-state index contributed by atoms with van der Waals surface area (Å²) in [4.78, 5) is 12.4. The van der Waals surface area contributed by atoms with Gasteiger partial charge < -0.3 is 14.8 Å². The zero-order valence-corrected chi connectivity index (χ0v) is 15.0. The van der Waals surface area contributed by atoms with Gasteiger partial charge in [0.2, 0.25) is 0 Å². The van der Waals surface area contributed by atoms with Crippen LogP contribution in [0, 0.1) is 6.92 Å². The molecule has 6 nitrogen and oxygen atoms in total. The first kappa shape index (κ1) is 17.3. The van der Waals surface area contributed by atoms with E-state index in [4.69, 9.17) is 9.47 Å². The molecule has 0 saturated heterocycles. The Morgan fingerprint density at radius 1 is 1.32 bits per heavy atom. The average molecular weight is 343 g/mol. The number of hydrogen-bond acceptors (Lipinski definition) is 4. The molecule has 1 atom stereocenters. The summed E-state index contributed by atoms with van der Waals surface area (Å²) in [5, 5.41) is 7.32. The van der Waals surface area contributed by atoms with Gasteiger partial charge in [-0.3, -0.25) is 9.48 Å². The van der Waals surface area contributed by atoms with Gasteiger partial charge in [0.25, 0.3) is 5.91 Å². The molecular formula is C19H25N3O3. The van der Waals surface area contributed by atoms with Gasteiger partial charge in [-0.15, -0.1) is 0 Å². The van der Waals surface area contributed by atoms with Gasteiger partial charge in [-0.25, -0.2) is 0 Å². The van der Waals surface area contributed by atoms with E-state index in [1.54, 1.807) is 6.20 Å². The molecule has 1 aromatic carbocycles.